The fraction of sp³-hybridized carbons (Fsp3) is 0.294. The molecule has 8 heteroatoms. The van der Waals surface area contributed by atoms with Gasteiger partial charge >= 0.3 is 6.18 Å². The van der Waals surface area contributed by atoms with E-state index in [2.05, 4.69) is 0 Å². The molecule has 0 radical (unpaired) electrons. The number of rotatable bonds is 4. The summed E-state index contributed by atoms with van der Waals surface area (Å²) >= 11 is 1.21. The SMILES string of the molecule is O=C1CCCN1CN(C(=O)c1cccs1)c1cccc(C(F)(F)F)c1. The molecule has 2 heterocycles. The van der Waals surface area contributed by atoms with Crippen molar-refractivity contribution in [3.05, 3.63) is 52.2 Å². The molecule has 132 valence electrons. The Morgan fingerprint density at radius 2 is 2.04 bits per heavy atom. The van der Waals surface area contributed by atoms with Gasteiger partial charge in [-0.15, -0.1) is 11.3 Å². The highest BCUT2D eigenvalue weighted by molar-refractivity contribution is 7.12. The molecular formula is C17H15F3N2O2S. The molecule has 0 saturated carbocycles. The second-order valence-electron chi connectivity index (χ2n) is 5.66. The number of hydrogen-bond donors (Lipinski definition) is 0. The predicted molar refractivity (Wildman–Crippen MR) is 88.4 cm³/mol. The van der Waals surface area contributed by atoms with Crippen molar-refractivity contribution in [2.45, 2.75) is 19.0 Å². The number of amides is 2. The summed E-state index contributed by atoms with van der Waals surface area (Å²) in [7, 11) is 0. The molecule has 2 aromatic rings. The zero-order valence-electron chi connectivity index (χ0n) is 13.1. The fourth-order valence-corrected chi connectivity index (χ4v) is 3.34. The van der Waals surface area contributed by atoms with Crippen LogP contribution in [0.4, 0.5) is 18.9 Å². The lowest BCUT2D eigenvalue weighted by molar-refractivity contribution is -0.137. The highest BCUT2D eigenvalue weighted by atomic mass is 32.1. The topological polar surface area (TPSA) is 40.6 Å². The fourth-order valence-electron chi connectivity index (χ4n) is 2.67. The molecule has 4 nitrogen and oxygen atoms in total. The van der Waals surface area contributed by atoms with E-state index in [-0.39, 0.29) is 18.3 Å². The molecule has 0 spiro atoms. The van der Waals surface area contributed by atoms with Crippen LogP contribution in [0, 0.1) is 0 Å². The Balaban J connectivity index is 1.96. The molecule has 0 unspecified atom stereocenters. The van der Waals surface area contributed by atoms with E-state index in [1.54, 1.807) is 17.5 Å². The van der Waals surface area contributed by atoms with Gasteiger partial charge in [0, 0.05) is 18.7 Å². The third kappa shape index (κ3) is 3.84. The molecule has 0 N–H and O–H groups in total. The monoisotopic (exact) mass is 368 g/mol. The van der Waals surface area contributed by atoms with Gasteiger partial charge in [-0.25, -0.2) is 0 Å². The molecule has 1 aliphatic heterocycles. The largest absolute Gasteiger partial charge is 0.416 e. The Labute approximate surface area is 146 Å². The zero-order valence-corrected chi connectivity index (χ0v) is 13.9. The maximum atomic E-state index is 13.0. The smallest absolute Gasteiger partial charge is 0.324 e. The predicted octanol–water partition coefficient (Wildman–Crippen LogP) is 3.99. The molecule has 1 aromatic carbocycles. The summed E-state index contributed by atoms with van der Waals surface area (Å²) in [4.78, 5) is 27.8. The van der Waals surface area contributed by atoms with Gasteiger partial charge in [0.1, 0.15) is 6.67 Å². The van der Waals surface area contributed by atoms with E-state index in [9.17, 15) is 22.8 Å². The molecule has 0 bridgehead atoms. The third-order valence-corrected chi connectivity index (χ3v) is 4.80. The summed E-state index contributed by atoms with van der Waals surface area (Å²) in [6.45, 7) is 0.433. The summed E-state index contributed by atoms with van der Waals surface area (Å²) in [5, 5.41) is 1.72. The molecule has 0 atom stereocenters. The minimum absolute atomic E-state index is 0.0587. The van der Waals surface area contributed by atoms with E-state index in [1.807, 2.05) is 0 Å². The number of hydrogen-bond acceptors (Lipinski definition) is 3. The van der Waals surface area contributed by atoms with Crippen LogP contribution in [0.2, 0.25) is 0 Å². The van der Waals surface area contributed by atoms with Crippen LogP contribution in [0.25, 0.3) is 0 Å². The van der Waals surface area contributed by atoms with Crippen molar-refractivity contribution in [1.29, 1.82) is 0 Å². The van der Waals surface area contributed by atoms with E-state index >= 15 is 0 Å². The highest BCUT2D eigenvalue weighted by Gasteiger charge is 2.32. The van der Waals surface area contributed by atoms with Crippen LogP contribution in [0.3, 0.4) is 0 Å². The summed E-state index contributed by atoms with van der Waals surface area (Å²) in [6, 6.07) is 7.91. The minimum Gasteiger partial charge on any atom is -0.324 e. The van der Waals surface area contributed by atoms with Gasteiger partial charge in [-0.3, -0.25) is 14.5 Å². The Morgan fingerprint density at radius 3 is 2.64 bits per heavy atom. The van der Waals surface area contributed by atoms with Gasteiger partial charge < -0.3 is 4.90 Å². The number of carbonyl (C=O) groups excluding carboxylic acids is 2. The van der Waals surface area contributed by atoms with E-state index < -0.39 is 17.6 Å². The summed E-state index contributed by atoms with van der Waals surface area (Å²) in [5.74, 6) is -0.523. The van der Waals surface area contributed by atoms with Crippen LogP contribution >= 0.6 is 11.3 Å². The van der Waals surface area contributed by atoms with Crippen LogP contribution in [0.5, 0.6) is 0 Å². The number of benzene rings is 1. The Morgan fingerprint density at radius 1 is 1.24 bits per heavy atom. The first-order valence-electron chi connectivity index (χ1n) is 7.66. The second-order valence-corrected chi connectivity index (χ2v) is 6.61. The molecule has 25 heavy (non-hydrogen) atoms. The number of likely N-dealkylation sites (tertiary alicyclic amines) is 1. The maximum absolute atomic E-state index is 13.0. The van der Waals surface area contributed by atoms with E-state index in [0.29, 0.717) is 24.3 Å². The van der Waals surface area contributed by atoms with E-state index in [1.165, 1.54) is 33.3 Å². The van der Waals surface area contributed by atoms with Crippen LogP contribution in [-0.2, 0) is 11.0 Å². The summed E-state index contributed by atoms with van der Waals surface area (Å²) in [5.41, 5.74) is -0.713. The van der Waals surface area contributed by atoms with Gasteiger partial charge in [0.2, 0.25) is 5.91 Å². The number of anilines is 1. The van der Waals surface area contributed by atoms with E-state index in [4.69, 9.17) is 0 Å². The maximum Gasteiger partial charge on any atom is 0.416 e. The normalized spacial score (nSPS) is 14.8. The van der Waals surface area contributed by atoms with Crippen LogP contribution < -0.4 is 4.90 Å². The highest BCUT2D eigenvalue weighted by Crippen LogP contribution is 2.32. The van der Waals surface area contributed by atoms with Crippen molar-refractivity contribution in [3.8, 4) is 0 Å². The molecule has 1 aromatic heterocycles. The van der Waals surface area contributed by atoms with Crippen molar-refractivity contribution in [3.63, 3.8) is 0 Å². The van der Waals surface area contributed by atoms with E-state index in [0.717, 1.165) is 12.1 Å². The first-order chi connectivity index (χ1) is 11.9. The van der Waals surface area contributed by atoms with Crippen molar-refractivity contribution in [1.82, 2.24) is 4.90 Å². The van der Waals surface area contributed by atoms with Crippen LogP contribution in [-0.4, -0.2) is 29.9 Å². The van der Waals surface area contributed by atoms with Crippen molar-refractivity contribution in [2.75, 3.05) is 18.1 Å². The molecule has 0 aliphatic carbocycles. The van der Waals surface area contributed by atoms with Crippen molar-refractivity contribution in [2.24, 2.45) is 0 Å². The molecule has 2 amide bonds. The molecule has 1 aliphatic rings. The first kappa shape index (κ1) is 17.5. The van der Waals surface area contributed by atoms with Gasteiger partial charge in [0.05, 0.1) is 10.4 Å². The lowest BCUT2D eigenvalue weighted by Crippen LogP contribution is -2.42. The van der Waals surface area contributed by atoms with Gasteiger partial charge in [0.15, 0.2) is 0 Å². The summed E-state index contributed by atoms with van der Waals surface area (Å²) < 4.78 is 39.0. The quantitative estimate of drug-likeness (QED) is 0.819. The number of halogens is 3. The first-order valence-corrected chi connectivity index (χ1v) is 8.54. The van der Waals surface area contributed by atoms with Crippen LogP contribution in [0.15, 0.2) is 41.8 Å². The van der Waals surface area contributed by atoms with Crippen molar-refractivity contribution >= 4 is 28.8 Å². The van der Waals surface area contributed by atoms with Gasteiger partial charge in [0.25, 0.3) is 5.91 Å². The number of nitrogens with zero attached hydrogens (tertiary/aromatic N) is 2. The third-order valence-electron chi connectivity index (χ3n) is 3.95. The zero-order chi connectivity index (χ0) is 18.0. The van der Waals surface area contributed by atoms with Crippen molar-refractivity contribution < 1.29 is 22.8 Å². The Hall–Kier alpha value is -2.35. The molecular weight excluding hydrogens is 353 g/mol. The summed E-state index contributed by atoms with van der Waals surface area (Å²) in [6.07, 6.45) is -3.43. The lowest BCUT2D eigenvalue weighted by Gasteiger charge is -2.28. The molecule has 1 fully saturated rings. The average Bonchev–Trinajstić information content (AvgIpc) is 3.23. The molecule has 3 rings (SSSR count). The minimum atomic E-state index is -4.50. The molecule has 1 saturated heterocycles. The van der Waals surface area contributed by atoms with Crippen LogP contribution in [0.1, 0.15) is 28.1 Å². The Bertz CT molecular complexity index is 774. The lowest BCUT2D eigenvalue weighted by atomic mass is 10.1. The average molecular weight is 368 g/mol. The van der Waals surface area contributed by atoms with Gasteiger partial charge in [-0.05, 0) is 36.1 Å². The van der Waals surface area contributed by atoms with Gasteiger partial charge in [-0.2, -0.15) is 13.2 Å². The number of carbonyl (C=O) groups is 2. The standard InChI is InChI=1S/C17H15F3N2O2S/c18-17(19,20)12-4-1-5-13(10-12)22(11-21-8-2-7-15(21)23)16(24)14-6-3-9-25-14/h1,3-6,9-10H,2,7-8,11H2. The number of alkyl halides is 3. The Kier molecular flexibility index (Phi) is 4.80. The second kappa shape index (κ2) is 6.87. The van der Waals surface area contributed by atoms with Gasteiger partial charge in [-0.1, -0.05) is 12.1 Å². The number of thiophene rings is 1.